The summed E-state index contributed by atoms with van der Waals surface area (Å²) in [4.78, 5) is 15.1. The van der Waals surface area contributed by atoms with Gasteiger partial charge in [0.2, 0.25) is 0 Å². The lowest BCUT2D eigenvalue weighted by Crippen LogP contribution is -2.42. The highest BCUT2D eigenvalue weighted by Crippen LogP contribution is 2.40. The molecule has 2 saturated carbocycles. The molecule has 7 heteroatoms. The quantitative estimate of drug-likeness (QED) is 0.749. The molecule has 0 unspecified atom stereocenters. The Labute approximate surface area is 158 Å². The second kappa shape index (κ2) is 6.78. The number of carbonyl (C=O) groups excluding carboxylic acids is 1. The van der Waals surface area contributed by atoms with Gasteiger partial charge in [-0.1, -0.05) is 5.16 Å². The van der Waals surface area contributed by atoms with Gasteiger partial charge in [-0.25, -0.2) is 0 Å². The summed E-state index contributed by atoms with van der Waals surface area (Å²) in [6, 6.07) is 1.85. The van der Waals surface area contributed by atoms with Crippen LogP contribution in [0.1, 0.15) is 59.8 Å². The number of hydrogen-bond acceptors (Lipinski definition) is 5. The predicted octanol–water partition coefficient (Wildman–Crippen LogP) is 2.54. The van der Waals surface area contributed by atoms with Crippen molar-refractivity contribution in [2.24, 2.45) is 13.0 Å². The first-order valence-electron chi connectivity index (χ1n) is 10.0. The van der Waals surface area contributed by atoms with E-state index in [9.17, 15) is 4.79 Å². The van der Waals surface area contributed by atoms with Crippen LogP contribution in [0.3, 0.4) is 0 Å². The van der Waals surface area contributed by atoms with Crippen molar-refractivity contribution < 1.29 is 14.1 Å². The minimum atomic E-state index is -0.0444. The van der Waals surface area contributed by atoms with Crippen molar-refractivity contribution in [2.45, 2.75) is 56.6 Å². The van der Waals surface area contributed by atoms with Crippen molar-refractivity contribution in [3.63, 3.8) is 0 Å². The Balaban J connectivity index is 1.33. The molecule has 1 saturated heterocycles. The number of hydrogen-bond donors (Lipinski definition) is 0. The Morgan fingerprint density at radius 1 is 1.30 bits per heavy atom. The Kier molecular flexibility index (Phi) is 4.27. The molecule has 7 nitrogen and oxygen atoms in total. The second-order valence-electron chi connectivity index (χ2n) is 8.28. The fourth-order valence-corrected chi connectivity index (χ4v) is 3.97. The van der Waals surface area contributed by atoms with Crippen LogP contribution < -0.4 is 0 Å². The van der Waals surface area contributed by atoms with Gasteiger partial charge in [0.1, 0.15) is 5.76 Å². The van der Waals surface area contributed by atoms with Gasteiger partial charge in [-0.05, 0) is 50.0 Å². The maximum Gasteiger partial charge on any atom is 0.276 e. The van der Waals surface area contributed by atoms with Gasteiger partial charge in [0.05, 0.1) is 18.3 Å². The summed E-state index contributed by atoms with van der Waals surface area (Å²) >= 11 is 0. The summed E-state index contributed by atoms with van der Waals surface area (Å²) in [7, 11) is 1.91. The van der Waals surface area contributed by atoms with Gasteiger partial charge in [0.25, 0.3) is 5.91 Å². The monoisotopic (exact) mass is 370 g/mol. The normalized spacial score (nSPS) is 25.3. The third-order valence-corrected chi connectivity index (χ3v) is 5.92. The van der Waals surface area contributed by atoms with E-state index in [0.29, 0.717) is 24.1 Å². The fourth-order valence-electron chi connectivity index (χ4n) is 3.97. The molecule has 2 aliphatic carbocycles. The SMILES string of the molecule is Cn1cc(C[C@H]2[C@H](OCC3CC3)CCN2C(=O)c2cc(C3CC3)on2)cn1. The van der Waals surface area contributed by atoms with Gasteiger partial charge in [-0.3, -0.25) is 9.48 Å². The first kappa shape index (κ1) is 17.0. The number of amides is 1. The number of ether oxygens (including phenoxy) is 1. The van der Waals surface area contributed by atoms with Crippen molar-refractivity contribution in [3.05, 3.63) is 35.5 Å². The third-order valence-electron chi connectivity index (χ3n) is 5.92. The zero-order valence-corrected chi connectivity index (χ0v) is 15.7. The smallest absolute Gasteiger partial charge is 0.276 e. The summed E-state index contributed by atoms with van der Waals surface area (Å²) < 4.78 is 13.4. The van der Waals surface area contributed by atoms with Gasteiger partial charge in [0, 0.05) is 38.4 Å². The van der Waals surface area contributed by atoms with Crippen LogP contribution in [0.5, 0.6) is 0 Å². The fraction of sp³-hybridized carbons (Fsp3) is 0.650. The summed E-state index contributed by atoms with van der Waals surface area (Å²) in [5.41, 5.74) is 1.55. The van der Waals surface area contributed by atoms with E-state index in [2.05, 4.69) is 10.3 Å². The van der Waals surface area contributed by atoms with E-state index in [4.69, 9.17) is 9.26 Å². The van der Waals surface area contributed by atoms with E-state index in [1.54, 1.807) is 4.68 Å². The number of likely N-dealkylation sites (tertiary alicyclic amines) is 1. The highest BCUT2D eigenvalue weighted by molar-refractivity contribution is 5.92. The number of aryl methyl sites for hydroxylation is 1. The van der Waals surface area contributed by atoms with Crippen LogP contribution in [0.2, 0.25) is 0 Å². The summed E-state index contributed by atoms with van der Waals surface area (Å²) in [5.74, 6) is 1.98. The van der Waals surface area contributed by atoms with Gasteiger partial charge >= 0.3 is 0 Å². The standard InChI is InChI=1S/C20H26N4O3/c1-23-11-14(10-21-23)8-17-18(26-12-13-2-3-13)6-7-24(17)20(25)16-9-19(27-22-16)15-4-5-15/h9-11,13,15,17-18H,2-8,12H2,1H3/t17-,18+/m0/s1. The van der Waals surface area contributed by atoms with Crippen molar-refractivity contribution >= 4 is 5.91 Å². The number of rotatable bonds is 7. The second-order valence-corrected chi connectivity index (χ2v) is 8.28. The van der Waals surface area contributed by atoms with Crippen molar-refractivity contribution in [1.29, 1.82) is 0 Å². The number of carbonyl (C=O) groups is 1. The molecule has 0 bridgehead atoms. The Bertz CT molecular complexity index is 821. The first-order chi connectivity index (χ1) is 13.2. The van der Waals surface area contributed by atoms with E-state index in [1.807, 2.05) is 30.4 Å². The zero-order chi connectivity index (χ0) is 18.4. The molecule has 2 aromatic rings. The molecule has 1 aliphatic heterocycles. The lowest BCUT2D eigenvalue weighted by Gasteiger charge is -2.27. The molecule has 27 heavy (non-hydrogen) atoms. The average Bonchev–Trinajstić information content (AvgIpc) is 3.56. The summed E-state index contributed by atoms with van der Waals surface area (Å²) in [6.07, 6.45) is 10.4. The van der Waals surface area contributed by atoms with Crippen LogP contribution in [0.4, 0.5) is 0 Å². The molecule has 3 aliphatic rings. The molecule has 5 rings (SSSR count). The van der Waals surface area contributed by atoms with Gasteiger partial charge in [-0.2, -0.15) is 5.10 Å². The largest absolute Gasteiger partial charge is 0.376 e. The molecule has 3 heterocycles. The highest BCUT2D eigenvalue weighted by atomic mass is 16.5. The molecule has 1 amide bonds. The maximum atomic E-state index is 13.1. The molecule has 0 N–H and O–H groups in total. The van der Waals surface area contributed by atoms with Crippen molar-refractivity contribution in [1.82, 2.24) is 19.8 Å². The van der Waals surface area contributed by atoms with Gasteiger partial charge in [0.15, 0.2) is 5.69 Å². The Morgan fingerprint density at radius 2 is 2.15 bits per heavy atom. The predicted molar refractivity (Wildman–Crippen MR) is 97.3 cm³/mol. The van der Waals surface area contributed by atoms with E-state index >= 15 is 0 Å². The van der Waals surface area contributed by atoms with Crippen LogP contribution in [0.15, 0.2) is 23.0 Å². The molecule has 2 aromatic heterocycles. The molecule has 0 radical (unpaired) electrons. The lowest BCUT2D eigenvalue weighted by molar-refractivity contribution is 0.0197. The van der Waals surface area contributed by atoms with Gasteiger partial charge < -0.3 is 14.2 Å². The topological polar surface area (TPSA) is 73.4 Å². The zero-order valence-electron chi connectivity index (χ0n) is 15.7. The van der Waals surface area contributed by atoms with E-state index in [-0.39, 0.29) is 18.1 Å². The molecular formula is C20H26N4O3. The van der Waals surface area contributed by atoms with Crippen LogP contribution >= 0.6 is 0 Å². The van der Waals surface area contributed by atoms with Crippen molar-refractivity contribution in [2.75, 3.05) is 13.2 Å². The molecule has 3 fully saturated rings. The average molecular weight is 370 g/mol. The van der Waals surface area contributed by atoms with E-state index in [0.717, 1.165) is 43.6 Å². The minimum absolute atomic E-state index is 0.0153. The van der Waals surface area contributed by atoms with Crippen LogP contribution in [0.25, 0.3) is 0 Å². The lowest BCUT2D eigenvalue weighted by atomic mass is 10.0. The van der Waals surface area contributed by atoms with Crippen LogP contribution in [-0.4, -0.2) is 51.0 Å². The van der Waals surface area contributed by atoms with E-state index < -0.39 is 0 Å². The van der Waals surface area contributed by atoms with Gasteiger partial charge in [-0.15, -0.1) is 0 Å². The number of nitrogens with zero attached hydrogens (tertiary/aromatic N) is 4. The molecule has 0 aromatic carbocycles. The molecular weight excluding hydrogens is 344 g/mol. The van der Waals surface area contributed by atoms with Crippen LogP contribution in [0, 0.1) is 5.92 Å². The van der Waals surface area contributed by atoms with Crippen molar-refractivity contribution in [3.8, 4) is 0 Å². The minimum Gasteiger partial charge on any atom is -0.376 e. The molecule has 0 spiro atoms. The highest BCUT2D eigenvalue weighted by Gasteiger charge is 2.40. The summed E-state index contributed by atoms with van der Waals surface area (Å²) in [6.45, 7) is 1.51. The summed E-state index contributed by atoms with van der Waals surface area (Å²) in [5, 5.41) is 8.32. The number of aromatic nitrogens is 3. The molecule has 144 valence electrons. The maximum absolute atomic E-state index is 13.1. The first-order valence-corrected chi connectivity index (χ1v) is 10.0. The third kappa shape index (κ3) is 3.65. The Hall–Kier alpha value is -2.15. The van der Waals surface area contributed by atoms with E-state index in [1.165, 1.54) is 12.8 Å². The molecule has 2 atom stereocenters. The Morgan fingerprint density at radius 3 is 2.85 bits per heavy atom. The van der Waals surface area contributed by atoms with Crippen LogP contribution in [-0.2, 0) is 18.2 Å².